The first kappa shape index (κ1) is 16.6. The molecule has 4 nitrogen and oxygen atoms in total. The zero-order valence-electron chi connectivity index (χ0n) is 14.9. The molecule has 3 aliphatic rings. The van der Waals surface area contributed by atoms with Gasteiger partial charge in [-0.25, -0.2) is 0 Å². The van der Waals surface area contributed by atoms with Crippen LogP contribution in [0.4, 0.5) is 0 Å². The van der Waals surface area contributed by atoms with Crippen molar-refractivity contribution < 1.29 is 19.7 Å². The average Bonchev–Trinajstić information content (AvgIpc) is 3.25. The fourth-order valence-corrected chi connectivity index (χ4v) is 4.86. The van der Waals surface area contributed by atoms with Crippen LogP contribution >= 0.6 is 0 Å². The first-order chi connectivity index (χ1) is 12.0. The van der Waals surface area contributed by atoms with Gasteiger partial charge in [0.25, 0.3) is 0 Å². The van der Waals surface area contributed by atoms with Gasteiger partial charge in [0.1, 0.15) is 11.4 Å². The Morgan fingerprint density at radius 1 is 1.20 bits per heavy atom. The highest BCUT2D eigenvalue weighted by molar-refractivity contribution is 6.26. The predicted molar refractivity (Wildman–Crippen MR) is 95.3 cm³/mol. The van der Waals surface area contributed by atoms with Crippen molar-refractivity contribution in [1.82, 2.24) is 0 Å². The third-order valence-electron chi connectivity index (χ3n) is 5.97. The number of aliphatic hydroxyl groups excluding tert-OH is 2. The molecule has 132 valence electrons. The molecular formula is C21H24O4. The van der Waals surface area contributed by atoms with E-state index in [0.29, 0.717) is 5.57 Å². The minimum absolute atomic E-state index is 0.0552. The van der Waals surface area contributed by atoms with Crippen molar-refractivity contribution in [2.45, 2.75) is 45.3 Å². The number of benzene rings is 1. The molecule has 25 heavy (non-hydrogen) atoms. The maximum atomic E-state index is 13.3. The molecule has 4 rings (SSSR count). The fraction of sp³-hybridized carbons (Fsp3) is 0.476. The van der Waals surface area contributed by atoms with Crippen LogP contribution in [0.5, 0.6) is 0 Å². The number of rotatable bonds is 4. The lowest BCUT2D eigenvalue weighted by molar-refractivity contribution is -0.118. The maximum absolute atomic E-state index is 13.3. The Bertz CT molecular complexity index is 794. The highest BCUT2D eigenvalue weighted by Crippen LogP contribution is 2.56. The van der Waals surface area contributed by atoms with Crippen LogP contribution in [0.15, 0.2) is 30.0 Å². The van der Waals surface area contributed by atoms with Crippen molar-refractivity contribution in [3.8, 4) is 0 Å². The number of allylic oxidation sites excluding steroid dienone is 1. The molecule has 2 heterocycles. The number of Topliss-reactive ketones (excluding diaryl/α,β-unsaturated/α-hetero) is 1. The number of fused-ring (bicyclic) bond motifs is 5. The van der Waals surface area contributed by atoms with Gasteiger partial charge in [0.2, 0.25) is 0 Å². The SMILES string of the molecule is CCc1cc(C)cc(CC)c1C1=C(O)[C@H]2[C@@H](C1=O)[C@@H]1C=C[C@@]2(CO)O1. The molecule has 1 aromatic rings. The van der Waals surface area contributed by atoms with Crippen molar-refractivity contribution in [3.05, 3.63) is 52.3 Å². The molecule has 0 radical (unpaired) electrons. The van der Waals surface area contributed by atoms with Crippen molar-refractivity contribution in [2.75, 3.05) is 6.61 Å². The molecule has 0 amide bonds. The van der Waals surface area contributed by atoms with E-state index in [2.05, 4.69) is 32.9 Å². The summed E-state index contributed by atoms with van der Waals surface area (Å²) in [5, 5.41) is 20.9. The minimum atomic E-state index is -0.958. The molecule has 1 fully saturated rings. The van der Waals surface area contributed by atoms with Crippen LogP contribution in [0, 0.1) is 18.8 Å². The molecular weight excluding hydrogens is 316 g/mol. The Balaban J connectivity index is 1.92. The second-order valence-electron chi connectivity index (χ2n) is 7.35. The molecule has 2 bridgehead atoms. The van der Waals surface area contributed by atoms with Crippen LogP contribution in [-0.4, -0.2) is 34.3 Å². The van der Waals surface area contributed by atoms with E-state index in [1.165, 1.54) is 5.56 Å². The van der Waals surface area contributed by atoms with Crippen LogP contribution in [0.25, 0.3) is 5.57 Å². The number of aryl methyl sites for hydroxylation is 3. The van der Waals surface area contributed by atoms with Crippen LogP contribution in [0.2, 0.25) is 0 Å². The number of hydrogen-bond donors (Lipinski definition) is 2. The van der Waals surface area contributed by atoms with Crippen molar-refractivity contribution in [1.29, 1.82) is 0 Å². The van der Waals surface area contributed by atoms with Gasteiger partial charge in [-0.05, 0) is 36.5 Å². The van der Waals surface area contributed by atoms with Crippen LogP contribution in [-0.2, 0) is 22.4 Å². The van der Waals surface area contributed by atoms with Gasteiger partial charge in [-0.3, -0.25) is 4.79 Å². The van der Waals surface area contributed by atoms with Gasteiger partial charge in [0.05, 0.1) is 30.1 Å². The highest BCUT2D eigenvalue weighted by Gasteiger charge is 2.64. The average molecular weight is 340 g/mol. The fourth-order valence-electron chi connectivity index (χ4n) is 4.86. The summed E-state index contributed by atoms with van der Waals surface area (Å²) in [6.07, 6.45) is 4.90. The van der Waals surface area contributed by atoms with Crippen LogP contribution in [0.1, 0.15) is 36.1 Å². The zero-order chi connectivity index (χ0) is 17.9. The molecule has 1 aliphatic carbocycles. The summed E-state index contributed by atoms with van der Waals surface area (Å²) < 4.78 is 5.86. The molecule has 0 saturated carbocycles. The molecule has 4 atom stereocenters. The minimum Gasteiger partial charge on any atom is -0.511 e. The Kier molecular flexibility index (Phi) is 3.67. The summed E-state index contributed by atoms with van der Waals surface area (Å²) in [7, 11) is 0. The number of aliphatic hydroxyl groups is 2. The van der Waals surface area contributed by atoms with Crippen molar-refractivity contribution >= 4 is 11.4 Å². The van der Waals surface area contributed by atoms with E-state index in [0.717, 1.165) is 29.5 Å². The van der Waals surface area contributed by atoms with E-state index in [1.807, 2.05) is 12.2 Å². The summed E-state index contributed by atoms with van der Waals surface area (Å²) >= 11 is 0. The van der Waals surface area contributed by atoms with Crippen LogP contribution in [0.3, 0.4) is 0 Å². The Morgan fingerprint density at radius 3 is 2.40 bits per heavy atom. The maximum Gasteiger partial charge on any atom is 0.173 e. The summed E-state index contributed by atoms with van der Waals surface area (Å²) in [5.74, 6) is -0.877. The van der Waals surface area contributed by atoms with Gasteiger partial charge in [-0.2, -0.15) is 0 Å². The van der Waals surface area contributed by atoms with E-state index in [9.17, 15) is 15.0 Å². The smallest absolute Gasteiger partial charge is 0.173 e. The van der Waals surface area contributed by atoms with E-state index >= 15 is 0 Å². The number of ether oxygens (including phenoxy) is 1. The lowest BCUT2D eigenvalue weighted by Gasteiger charge is -2.27. The summed E-state index contributed by atoms with van der Waals surface area (Å²) in [4.78, 5) is 13.3. The largest absolute Gasteiger partial charge is 0.511 e. The number of hydrogen-bond acceptors (Lipinski definition) is 4. The van der Waals surface area contributed by atoms with Crippen LogP contribution < -0.4 is 0 Å². The number of ketones is 1. The zero-order valence-corrected chi connectivity index (χ0v) is 14.9. The summed E-state index contributed by atoms with van der Waals surface area (Å²) in [6, 6.07) is 4.20. The summed E-state index contributed by atoms with van der Waals surface area (Å²) in [6.45, 7) is 5.96. The lowest BCUT2D eigenvalue weighted by atomic mass is 9.77. The van der Waals surface area contributed by atoms with E-state index in [1.54, 1.807) is 0 Å². The Hall–Kier alpha value is -1.91. The normalized spacial score (nSPS) is 32.8. The molecule has 1 aromatic carbocycles. The van der Waals surface area contributed by atoms with Gasteiger partial charge >= 0.3 is 0 Å². The number of carbonyl (C=O) groups excluding carboxylic acids is 1. The van der Waals surface area contributed by atoms with E-state index < -0.39 is 17.4 Å². The molecule has 2 aliphatic heterocycles. The van der Waals surface area contributed by atoms with Crippen molar-refractivity contribution in [2.24, 2.45) is 11.8 Å². The van der Waals surface area contributed by atoms with Gasteiger partial charge in [0, 0.05) is 0 Å². The highest BCUT2D eigenvalue weighted by atomic mass is 16.5. The Labute approximate surface area is 147 Å². The Morgan fingerprint density at radius 2 is 1.84 bits per heavy atom. The molecule has 0 unspecified atom stereocenters. The van der Waals surface area contributed by atoms with Gasteiger partial charge < -0.3 is 14.9 Å². The monoisotopic (exact) mass is 340 g/mol. The molecule has 2 N–H and O–H groups in total. The van der Waals surface area contributed by atoms with E-state index in [4.69, 9.17) is 4.74 Å². The second-order valence-corrected chi connectivity index (χ2v) is 7.35. The van der Waals surface area contributed by atoms with Gasteiger partial charge in [-0.1, -0.05) is 43.7 Å². The second kappa shape index (κ2) is 5.55. The molecule has 1 saturated heterocycles. The summed E-state index contributed by atoms with van der Waals surface area (Å²) in [5.41, 5.74) is 3.72. The third-order valence-corrected chi connectivity index (χ3v) is 5.97. The molecule has 4 heteroatoms. The molecule has 0 aromatic heterocycles. The van der Waals surface area contributed by atoms with Gasteiger partial charge in [0.15, 0.2) is 5.78 Å². The first-order valence-electron chi connectivity index (χ1n) is 9.05. The third kappa shape index (κ3) is 2.04. The quantitative estimate of drug-likeness (QED) is 0.827. The number of carbonyl (C=O) groups is 1. The van der Waals surface area contributed by atoms with E-state index in [-0.39, 0.29) is 24.3 Å². The molecule has 0 spiro atoms. The standard InChI is InChI=1S/C21H24O4/c1-4-12-8-11(3)9-13(5-2)15(12)17-19(23)16-14-6-7-21(10-22,25-14)18(16)20(17)24/h6-9,14,16,18,22,24H,4-5,10H2,1-3H3/t14-,16-,18+,21-/m0/s1. The van der Waals surface area contributed by atoms with Crippen molar-refractivity contribution in [3.63, 3.8) is 0 Å². The lowest BCUT2D eigenvalue weighted by Crippen LogP contribution is -2.39. The predicted octanol–water partition coefficient (Wildman–Crippen LogP) is 2.90. The van der Waals surface area contributed by atoms with Gasteiger partial charge in [-0.15, -0.1) is 0 Å². The topological polar surface area (TPSA) is 66.8 Å². The first-order valence-corrected chi connectivity index (χ1v) is 9.05.